The van der Waals surface area contributed by atoms with Crippen LogP contribution in [0.4, 0.5) is 0 Å². The van der Waals surface area contributed by atoms with Crippen LogP contribution in [-0.2, 0) is 4.79 Å². The molecule has 0 spiro atoms. The second-order valence-corrected chi connectivity index (χ2v) is 9.31. The van der Waals surface area contributed by atoms with Crippen molar-refractivity contribution in [2.75, 3.05) is 20.3 Å². The second-order valence-electron chi connectivity index (χ2n) is 7.41. The number of amidine groups is 2. The molecule has 2 aromatic rings. The van der Waals surface area contributed by atoms with Crippen molar-refractivity contribution in [2.24, 2.45) is 10.1 Å². The van der Waals surface area contributed by atoms with E-state index in [2.05, 4.69) is 26.0 Å². The standard InChI is InChI=1S/C24H23BrN4O4S/c1-4-20-28-29-22(26)17(23(30)27-24(29)34-20)11-15-12-18(25)21(19(13-15)31-3)33-9-8-32-16-7-5-6-14(2)10-16/h5-7,10-13,26H,4,8-9H2,1-3H3/b17-11-,26-22?. The van der Waals surface area contributed by atoms with E-state index in [0.717, 1.165) is 16.4 Å². The van der Waals surface area contributed by atoms with Crippen molar-refractivity contribution >= 4 is 55.7 Å². The molecule has 0 fully saturated rings. The molecule has 0 unspecified atom stereocenters. The molecule has 2 aromatic carbocycles. The van der Waals surface area contributed by atoms with E-state index >= 15 is 0 Å². The predicted molar refractivity (Wildman–Crippen MR) is 138 cm³/mol. The van der Waals surface area contributed by atoms with Crippen molar-refractivity contribution in [1.29, 1.82) is 5.41 Å². The molecule has 4 rings (SSSR count). The number of ether oxygens (including phenoxy) is 3. The minimum absolute atomic E-state index is 0.00494. The monoisotopic (exact) mass is 542 g/mol. The number of amides is 1. The number of carbonyl (C=O) groups is 1. The zero-order chi connectivity index (χ0) is 24.2. The number of hydrazone groups is 1. The van der Waals surface area contributed by atoms with Gasteiger partial charge >= 0.3 is 0 Å². The molecule has 10 heteroatoms. The largest absolute Gasteiger partial charge is 0.493 e. The van der Waals surface area contributed by atoms with Crippen LogP contribution in [0.15, 0.2) is 56.5 Å². The van der Waals surface area contributed by atoms with Gasteiger partial charge in [-0.3, -0.25) is 10.2 Å². The summed E-state index contributed by atoms with van der Waals surface area (Å²) >= 11 is 4.84. The number of aliphatic imine (C=N–C) groups is 1. The van der Waals surface area contributed by atoms with Gasteiger partial charge in [0.05, 0.1) is 17.2 Å². The summed E-state index contributed by atoms with van der Waals surface area (Å²) in [6.45, 7) is 4.66. The van der Waals surface area contributed by atoms with Gasteiger partial charge in [0, 0.05) is 0 Å². The fraction of sp³-hybridized carbons (Fsp3) is 0.250. The summed E-state index contributed by atoms with van der Waals surface area (Å²) in [5, 5.41) is 15.5. The molecule has 8 nitrogen and oxygen atoms in total. The van der Waals surface area contributed by atoms with E-state index in [1.165, 1.54) is 16.8 Å². The van der Waals surface area contributed by atoms with Crippen molar-refractivity contribution in [3.8, 4) is 17.2 Å². The van der Waals surface area contributed by atoms with Crippen LogP contribution in [0, 0.1) is 12.3 Å². The summed E-state index contributed by atoms with van der Waals surface area (Å²) in [7, 11) is 1.54. The van der Waals surface area contributed by atoms with Gasteiger partial charge in [-0.15, -0.1) is 0 Å². The number of rotatable bonds is 8. The highest BCUT2D eigenvalue weighted by molar-refractivity contribution is 9.10. The fourth-order valence-corrected chi connectivity index (χ4v) is 4.71. The minimum Gasteiger partial charge on any atom is -0.493 e. The summed E-state index contributed by atoms with van der Waals surface area (Å²) in [4.78, 5) is 16.7. The Morgan fingerprint density at radius 2 is 2.00 bits per heavy atom. The number of fused-ring (bicyclic) bond motifs is 1. The normalized spacial score (nSPS) is 16.4. The highest BCUT2D eigenvalue weighted by atomic mass is 79.9. The Morgan fingerprint density at radius 1 is 1.21 bits per heavy atom. The molecule has 0 saturated heterocycles. The maximum absolute atomic E-state index is 12.6. The van der Waals surface area contributed by atoms with Crippen molar-refractivity contribution in [2.45, 2.75) is 20.3 Å². The lowest BCUT2D eigenvalue weighted by molar-refractivity contribution is -0.114. The van der Waals surface area contributed by atoms with E-state index in [1.54, 1.807) is 25.3 Å². The van der Waals surface area contributed by atoms with Gasteiger partial charge in [-0.25, -0.2) is 0 Å². The third-order valence-electron chi connectivity index (χ3n) is 4.95. The van der Waals surface area contributed by atoms with Crippen molar-refractivity contribution in [1.82, 2.24) is 5.01 Å². The lowest BCUT2D eigenvalue weighted by Gasteiger charge is -2.20. The molecule has 0 saturated carbocycles. The summed E-state index contributed by atoms with van der Waals surface area (Å²) < 4.78 is 17.8. The van der Waals surface area contributed by atoms with E-state index in [0.29, 0.717) is 46.3 Å². The van der Waals surface area contributed by atoms with Gasteiger partial charge in [-0.05, 0) is 82.5 Å². The number of methoxy groups -OCH3 is 1. The quantitative estimate of drug-likeness (QED) is 0.361. The number of carbonyl (C=O) groups excluding carboxylic acids is 1. The van der Waals surface area contributed by atoms with Gasteiger partial charge < -0.3 is 14.2 Å². The molecular formula is C24H23BrN4O4S. The van der Waals surface area contributed by atoms with Crippen molar-refractivity contribution < 1.29 is 19.0 Å². The SMILES string of the molecule is CCC1=NN2C(=N)/C(=C/c3cc(Br)c(OCCOc4cccc(C)c4)c(OC)c3)C(=O)N=C2S1. The van der Waals surface area contributed by atoms with Crippen molar-refractivity contribution in [3.05, 3.63) is 57.6 Å². The van der Waals surface area contributed by atoms with Crippen LogP contribution >= 0.6 is 27.7 Å². The molecule has 34 heavy (non-hydrogen) atoms. The lowest BCUT2D eigenvalue weighted by Crippen LogP contribution is -2.35. The van der Waals surface area contributed by atoms with Crippen LogP contribution < -0.4 is 14.2 Å². The predicted octanol–water partition coefficient (Wildman–Crippen LogP) is 5.25. The zero-order valence-electron chi connectivity index (χ0n) is 18.9. The third-order valence-corrected chi connectivity index (χ3v) is 6.59. The first-order valence-electron chi connectivity index (χ1n) is 10.6. The van der Waals surface area contributed by atoms with Crippen LogP contribution in [0.1, 0.15) is 24.5 Å². The van der Waals surface area contributed by atoms with Crippen LogP contribution in [0.5, 0.6) is 17.2 Å². The van der Waals surface area contributed by atoms with E-state index in [4.69, 9.17) is 19.6 Å². The Morgan fingerprint density at radius 3 is 2.74 bits per heavy atom. The molecular weight excluding hydrogens is 520 g/mol. The molecule has 0 radical (unpaired) electrons. The summed E-state index contributed by atoms with van der Waals surface area (Å²) in [6, 6.07) is 11.4. The summed E-state index contributed by atoms with van der Waals surface area (Å²) in [5.41, 5.74) is 1.94. The van der Waals surface area contributed by atoms with Crippen LogP contribution in [0.3, 0.4) is 0 Å². The lowest BCUT2D eigenvalue weighted by atomic mass is 10.1. The highest BCUT2D eigenvalue weighted by Crippen LogP contribution is 2.38. The number of hydrogen-bond acceptors (Lipinski definition) is 7. The molecule has 176 valence electrons. The molecule has 2 aliphatic heterocycles. The number of benzene rings is 2. The van der Waals surface area contributed by atoms with E-state index in [-0.39, 0.29) is 11.4 Å². The number of thioether (sulfide) groups is 1. The topological polar surface area (TPSA) is 96.6 Å². The van der Waals surface area contributed by atoms with Gasteiger partial charge in [0.2, 0.25) is 5.17 Å². The van der Waals surface area contributed by atoms with E-state index < -0.39 is 5.91 Å². The molecule has 2 aliphatic rings. The first-order valence-corrected chi connectivity index (χ1v) is 12.2. The van der Waals surface area contributed by atoms with Crippen LogP contribution in [-0.4, -0.2) is 47.3 Å². The van der Waals surface area contributed by atoms with Crippen LogP contribution in [0.2, 0.25) is 0 Å². The van der Waals surface area contributed by atoms with Gasteiger partial charge in [-0.1, -0.05) is 19.1 Å². The number of nitrogens with zero attached hydrogens (tertiary/aromatic N) is 3. The second kappa shape index (κ2) is 10.4. The van der Waals surface area contributed by atoms with E-state index in [9.17, 15) is 4.79 Å². The van der Waals surface area contributed by atoms with Gasteiger partial charge in [-0.2, -0.15) is 15.1 Å². The Kier molecular flexibility index (Phi) is 7.38. The molecule has 0 atom stereocenters. The Labute approximate surface area is 210 Å². The summed E-state index contributed by atoms with van der Waals surface area (Å²) in [5.74, 6) is 1.32. The van der Waals surface area contributed by atoms with Crippen molar-refractivity contribution in [3.63, 3.8) is 0 Å². The molecule has 1 N–H and O–H groups in total. The average molecular weight is 543 g/mol. The smallest absolute Gasteiger partial charge is 0.283 e. The number of nitrogens with one attached hydrogen (secondary N) is 1. The van der Waals surface area contributed by atoms with Gasteiger partial charge in [0.1, 0.15) is 24.0 Å². The first-order chi connectivity index (χ1) is 16.4. The first kappa shape index (κ1) is 24.0. The fourth-order valence-electron chi connectivity index (χ4n) is 3.31. The van der Waals surface area contributed by atoms with E-state index in [1.807, 2.05) is 38.1 Å². The molecule has 1 amide bonds. The molecule has 2 heterocycles. The molecule has 0 aliphatic carbocycles. The Hall–Kier alpha value is -3.11. The molecule has 0 bridgehead atoms. The number of halogens is 1. The molecule has 0 aromatic heterocycles. The number of aryl methyl sites for hydroxylation is 1. The highest BCUT2D eigenvalue weighted by Gasteiger charge is 2.35. The minimum atomic E-state index is -0.472. The zero-order valence-corrected chi connectivity index (χ0v) is 21.3. The number of hydrogen-bond donors (Lipinski definition) is 1. The van der Waals surface area contributed by atoms with Crippen LogP contribution in [0.25, 0.3) is 6.08 Å². The Balaban J connectivity index is 1.49. The Bertz CT molecular complexity index is 1240. The third kappa shape index (κ3) is 5.18. The van der Waals surface area contributed by atoms with Gasteiger partial charge in [0.25, 0.3) is 5.91 Å². The van der Waals surface area contributed by atoms with Gasteiger partial charge in [0.15, 0.2) is 17.3 Å². The summed E-state index contributed by atoms with van der Waals surface area (Å²) in [6.07, 6.45) is 2.31. The average Bonchev–Trinajstić information content (AvgIpc) is 3.23. The maximum atomic E-state index is 12.6. The maximum Gasteiger partial charge on any atom is 0.283 e.